The van der Waals surface area contributed by atoms with Crippen molar-refractivity contribution in [3.63, 3.8) is 0 Å². The SMILES string of the molecule is CNC(=O)c1cc(=O)n(CCN2CCC(N)CC2)c2cc(OC)ccc12.CNC(=O)c1cc(=O)n(CCN2CCC(NCc3cc4ccccc4s3)CC2)c2cc(OC)ccc12. The largest absolute Gasteiger partial charge is 0.497 e. The molecule has 15 heteroatoms. The maximum atomic E-state index is 13.0. The van der Waals surface area contributed by atoms with Crippen LogP contribution >= 0.6 is 11.3 Å². The van der Waals surface area contributed by atoms with Crippen molar-refractivity contribution in [3.05, 3.63) is 116 Å². The number of nitrogens with two attached hydrogens (primary N) is 1. The number of ether oxygens (including phenoxy) is 2. The van der Waals surface area contributed by atoms with Crippen LogP contribution in [-0.4, -0.2) is 110 Å². The lowest BCUT2D eigenvalue weighted by Gasteiger charge is -2.32. The molecule has 2 fully saturated rings. The summed E-state index contributed by atoms with van der Waals surface area (Å²) >= 11 is 1.86. The summed E-state index contributed by atoms with van der Waals surface area (Å²) in [5.41, 5.74) is 7.81. The van der Waals surface area contributed by atoms with Crippen LogP contribution in [0.3, 0.4) is 0 Å². The second-order valence-corrected chi connectivity index (χ2v) is 17.1. The van der Waals surface area contributed by atoms with Crippen molar-refractivity contribution in [1.82, 2.24) is 34.9 Å². The molecule has 0 bridgehead atoms. The number of benzene rings is 3. The van der Waals surface area contributed by atoms with Gasteiger partial charge in [0.25, 0.3) is 22.9 Å². The van der Waals surface area contributed by atoms with Gasteiger partial charge in [-0.15, -0.1) is 11.3 Å². The number of nitrogens with one attached hydrogen (secondary N) is 3. The fourth-order valence-corrected chi connectivity index (χ4v) is 9.49. The number of likely N-dealkylation sites (tertiary alicyclic amines) is 2. The molecule has 0 aliphatic carbocycles. The third kappa shape index (κ3) is 10.4. The number of piperidine rings is 2. The van der Waals surface area contributed by atoms with Crippen LogP contribution in [0.2, 0.25) is 0 Å². The van der Waals surface area contributed by atoms with Crippen molar-refractivity contribution in [1.29, 1.82) is 0 Å². The molecule has 328 valence electrons. The van der Waals surface area contributed by atoms with E-state index in [2.05, 4.69) is 56.1 Å². The minimum Gasteiger partial charge on any atom is -0.497 e. The maximum absolute atomic E-state index is 13.0. The van der Waals surface area contributed by atoms with E-state index in [9.17, 15) is 19.2 Å². The standard InChI is InChI=1S/C28H32N4O3S.C19H26N4O3/c1-29-28(34)24-17-27(33)32(25-16-21(35-2)7-8-23(24)25)14-13-31-11-9-20(10-12-31)30-18-22-15-19-5-3-4-6-26(19)36-22;1-21-19(25)16-12-18(24)23(10-9-22-7-5-13(20)6-8-22)17-11-14(26-2)3-4-15(16)17/h3-8,15-17,20,30H,9-14,18H2,1-2H3,(H,29,34);3-4,11-13H,5-10,20H2,1-2H3,(H,21,25). The smallest absolute Gasteiger partial charge is 0.251 e. The van der Waals surface area contributed by atoms with E-state index in [1.807, 2.05) is 41.7 Å². The Morgan fingerprint density at radius 2 is 1.18 bits per heavy atom. The molecule has 5 N–H and O–H groups in total. The van der Waals surface area contributed by atoms with E-state index in [1.165, 1.54) is 27.1 Å². The predicted octanol–water partition coefficient (Wildman–Crippen LogP) is 4.63. The number of hydrogen-bond acceptors (Lipinski definition) is 11. The number of fused-ring (bicyclic) bond motifs is 3. The van der Waals surface area contributed by atoms with Gasteiger partial charge >= 0.3 is 0 Å². The quantitative estimate of drug-likeness (QED) is 0.129. The first kappa shape index (κ1) is 44.5. The number of carbonyl (C=O) groups excluding carboxylic acids is 2. The lowest BCUT2D eigenvalue weighted by atomic mass is 10.0. The average Bonchev–Trinajstić information content (AvgIpc) is 3.73. The Morgan fingerprint density at radius 3 is 1.66 bits per heavy atom. The van der Waals surface area contributed by atoms with Gasteiger partial charge in [-0.25, -0.2) is 0 Å². The Labute approximate surface area is 365 Å². The normalized spacial score (nSPS) is 15.4. The van der Waals surface area contributed by atoms with Gasteiger partial charge in [-0.05, 0) is 93.6 Å². The molecule has 0 radical (unpaired) electrons. The molecule has 2 saturated heterocycles. The molecular formula is C47H58N8O6S. The second kappa shape index (κ2) is 20.5. The number of amides is 2. The van der Waals surface area contributed by atoms with Gasteiger partial charge in [0.2, 0.25) is 0 Å². The number of carbonyl (C=O) groups is 2. The molecule has 2 aliphatic rings. The van der Waals surface area contributed by atoms with Crippen LogP contribution in [0.4, 0.5) is 0 Å². The van der Waals surface area contributed by atoms with Gasteiger partial charge in [-0.3, -0.25) is 19.2 Å². The molecule has 2 amide bonds. The first-order valence-electron chi connectivity index (χ1n) is 21.4. The Balaban J connectivity index is 0.000000197. The van der Waals surface area contributed by atoms with Crippen molar-refractivity contribution in [3.8, 4) is 11.5 Å². The van der Waals surface area contributed by atoms with Crippen LogP contribution in [0.1, 0.15) is 51.3 Å². The Kier molecular flexibility index (Phi) is 14.7. The zero-order valence-corrected chi connectivity index (χ0v) is 36.9. The summed E-state index contributed by atoms with van der Waals surface area (Å²) in [7, 11) is 6.32. The summed E-state index contributed by atoms with van der Waals surface area (Å²) in [6.07, 6.45) is 4.14. The molecule has 3 aromatic carbocycles. The van der Waals surface area contributed by atoms with E-state index in [-0.39, 0.29) is 29.0 Å². The molecular weight excluding hydrogens is 805 g/mol. The van der Waals surface area contributed by atoms with Gasteiger partial charge < -0.3 is 50.1 Å². The van der Waals surface area contributed by atoms with Gasteiger partial charge in [-0.1, -0.05) is 18.2 Å². The summed E-state index contributed by atoms with van der Waals surface area (Å²) < 4.78 is 15.5. The number of pyridine rings is 2. The fraction of sp³-hybridized carbons (Fsp3) is 0.404. The molecule has 0 atom stereocenters. The number of nitrogens with zero attached hydrogens (tertiary/aromatic N) is 4. The first-order chi connectivity index (χ1) is 30.1. The van der Waals surface area contributed by atoms with E-state index in [1.54, 1.807) is 43.5 Å². The highest BCUT2D eigenvalue weighted by atomic mass is 32.1. The maximum Gasteiger partial charge on any atom is 0.251 e. The lowest BCUT2D eigenvalue weighted by Crippen LogP contribution is -2.43. The Bertz CT molecular complexity index is 2610. The molecule has 0 spiro atoms. The van der Waals surface area contributed by atoms with Gasteiger partial charge in [0.1, 0.15) is 11.5 Å². The molecule has 8 rings (SSSR count). The van der Waals surface area contributed by atoms with Crippen LogP contribution in [0, 0.1) is 0 Å². The third-order valence-corrected chi connectivity index (χ3v) is 13.2. The van der Waals surface area contributed by atoms with E-state index in [4.69, 9.17) is 15.2 Å². The highest BCUT2D eigenvalue weighted by Crippen LogP contribution is 2.27. The number of aromatic nitrogens is 2. The third-order valence-electron chi connectivity index (χ3n) is 12.1. The summed E-state index contributed by atoms with van der Waals surface area (Å²) in [5, 5.41) is 11.8. The molecule has 3 aromatic heterocycles. The predicted molar refractivity (Wildman–Crippen MR) is 248 cm³/mol. The molecule has 14 nitrogen and oxygen atoms in total. The summed E-state index contributed by atoms with van der Waals surface area (Å²) in [6, 6.07) is 25.4. The van der Waals surface area contributed by atoms with Crippen LogP contribution < -0.4 is 42.3 Å². The van der Waals surface area contributed by atoms with Gasteiger partial charge in [0, 0.05) is 104 Å². The average molecular weight is 863 g/mol. The Morgan fingerprint density at radius 1 is 0.677 bits per heavy atom. The van der Waals surface area contributed by atoms with Crippen molar-refractivity contribution in [2.45, 2.75) is 57.4 Å². The van der Waals surface area contributed by atoms with E-state index in [0.717, 1.165) is 87.8 Å². The van der Waals surface area contributed by atoms with Crippen molar-refractivity contribution >= 4 is 55.0 Å². The molecule has 62 heavy (non-hydrogen) atoms. The number of hydrogen-bond donors (Lipinski definition) is 4. The molecule has 2 aliphatic heterocycles. The molecule has 6 aromatic rings. The molecule has 5 heterocycles. The van der Waals surface area contributed by atoms with Crippen molar-refractivity contribution in [2.75, 3.05) is 67.6 Å². The van der Waals surface area contributed by atoms with Crippen LogP contribution in [-0.2, 0) is 19.6 Å². The highest BCUT2D eigenvalue weighted by Gasteiger charge is 2.22. The van der Waals surface area contributed by atoms with Crippen molar-refractivity contribution < 1.29 is 19.1 Å². The van der Waals surface area contributed by atoms with Crippen molar-refractivity contribution in [2.24, 2.45) is 5.73 Å². The fourth-order valence-electron chi connectivity index (χ4n) is 8.47. The van der Waals surface area contributed by atoms with Gasteiger partial charge in [-0.2, -0.15) is 0 Å². The number of thiophene rings is 1. The van der Waals surface area contributed by atoms with Gasteiger partial charge in [0.15, 0.2) is 0 Å². The monoisotopic (exact) mass is 862 g/mol. The minimum atomic E-state index is -0.269. The van der Waals surface area contributed by atoms with Crippen LogP contribution in [0.15, 0.2) is 88.5 Å². The Hall–Kier alpha value is -5.58. The molecule has 0 unspecified atom stereocenters. The second-order valence-electron chi connectivity index (χ2n) is 15.9. The summed E-state index contributed by atoms with van der Waals surface area (Å²) in [4.78, 5) is 56.4. The van der Waals surface area contributed by atoms with Crippen LogP contribution in [0.25, 0.3) is 31.9 Å². The number of rotatable bonds is 13. The van der Waals surface area contributed by atoms with E-state index in [0.29, 0.717) is 47.3 Å². The topological polar surface area (TPSA) is 165 Å². The summed E-state index contributed by atoms with van der Waals surface area (Å²) in [5.74, 6) is 0.785. The summed E-state index contributed by atoms with van der Waals surface area (Å²) in [6.45, 7) is 7.49. The van der Waals surface area contributed by atoms with E-state index < -0.39 is 0 Å². The number of methoxy groups -OCH3 is 2. The molecule has 0 saturated carbocycles. The van der Waals surface area contributed by atoms with Crippen LogP contribution in [0.5, 0.6) is 11.5 Å². The van der Waals surface area contributed by atoms with Gasteiger partial charge in [0.05, 0.1) is 36.4 Å². The first-order valence-corrected chi connectivity index (χ1v) is 22.2. The lowest BCUT2D eigenvalue weighted by molar-refractivity contribution is 0.0956. The highest BCUT2D eigenvalue weighted by molar-refractivity contribution is 7.19. The minimum absolute atomic E-state index is 0.172. The zero-order chi connectivity index (χ0) is 43.8. The zero-order valence-electron chi connectivity index (χ0n) is 36.1. The van der Waals surface area contributed by atoms with E-state index >= 15 is 0 Å².